The Bertz CT molecular complexity index is 1600. The first-order chi connectivity index (χ1) is 21.0. The van der Waals surface area contributed by atoms with Crippen molar-refractivity contribution in [2.24, 2.45) is 0 Å². The standard InChI is InChI=1S/C33H34ClF3N2O5/c1-43-30-17-22(8-12-31(40)41)7-11-29(30)44-25-13-15-38(16-14-25)21-32(42,33(35,36)37)27-20-39(19-23-5-3-2-4-6-23)28-18-24(34)9-10-26(27)28/h2-7,9-11,17-18,20,25,42H,8,12-16,19,21H2,1H3,(H,40,41). The van der Waals surface area contributed by atoms with Gasteiger partial charge in [0.15, 0.2) is 11.5 Å². The lowest BCUT2D eigenvalue weighted by Crippen LogP contribution is -2.53. The number of hydrogen-bond donors (Lipinski definition) is 2. The van der Waals surface area contributed by atoms with Crippen LogP contribution in [0.2, 0.25) is 5.02 Å². The fraction of sp³-hybridized carbons (Fsp3) is 0.364. The van der Waals surface area contributed by atoms with Crippen LogP contribution in [0, 0.1) is 0 Å². The number of benzene rings is 3. The molecule has 44 heavy (non-hydrogen) atoms. The number of likely N-dealkylation sites (tertiary alicyclic amines) is 1. The molecule has 3 aromatic carbocycles. The van der Waals surface area contributed by atoms with E-state index in [-0.39, 0.29) is 31.2 Å². The van der Waals surface area contributed by atoms with E-state index >= 15 is 0 Å². The van der Waals surface area contributed by atoms with Crippen molar-refractivity contribution in [1.82, 2.24) is 9.47 Å². The molecular weight excluding hydrogens is 597 g/mol. The van der Waals surface area contributed by atoms with Crippen molar-refractivity contribution in [3.05, 3.63) is 94.6 Å². The van der Waals surface area contributed by atoms with Gasteiger partial charge in [-0.3, -0.25) is 9.69 Å². The second-order valence-electron chi connectivity index (χ2n) is 11.1. The van der Waals surface area contributed by atoms with E-state index < -0.39 is 24.3 Å². The number of carboxylic acid groups (broad SMARTS) is 1. The Labute approximate surface area is 258 Å². The highest BCUT2D eigenvalue weighted by Gasteiger charge is 2.57. The minimum absolute atomic E-state index is 0.00656. The molecule has 4 aromatic rings. The van der Waals surface area contributed by atoms with Gasteiger partial charge in [0, 0.05) is 54.8 Å². The SMILES string of the molecule is COc1cc(CCC(=O)O)ccc1OC1CCN(CC(O)(c2cn(Cc3ccccc3)c3cc(Cl)ccc23)C(F)(F)F)CC1. The molecule has 1 unspecified atom stereocenters. The summed E-state index contributed by atoms with van der Waals surface area (Å²) in [5, 5.41) is 21.1. The fourth-order valence-corrected chi connectivity index (χ4v) is 5.90. The lowest BCUT2D eigenvalue weighted by atomic mass is 9.91. The summed E-state index contributed by atoms with van der Waals surface area (Å²) in [4.78, 5) is 12.5. The minimum Gasteiger partial charge on any atom is -0.493 e. The molecule has 234 valence electrons. The molecule has 7 nitrogen and oxygen atoms in total. The van der Waals surface area contributed by atoms with Crippen LogP contribution in [0.25, 0.3) is 10.9 Å². The number of aryl methyl sites for hydroxylation is 1. The number of carbonyl (C=O) groups is 1. The van der Waals surface area contributed by atoms with Gasteiger partial charge < -0.3 is 24.3 Å². The van der Waals surface area contributed by atoms with Crippen LogP contribution in [-0.4, -0.2) is 64.7 Å². The Morgan fingerprint density at radius 2 is 1.73 bits per heavy atom. The van der Waals surface area contributed by atoms with E-state index in [1.807, 2.05) is 30.3 Å². The van der Waals surface area contributed by atoms with Gasteiger partial charge in [0.25, 0.3) is 0 Å². The number of halogens is 4. The Balaban J connectivity index is 1.33. The van der Waals surface area contributed by atoms with Gasteiger partial charge in [-0.05, 0) is 54.7 Å². The van der Waals surface area contributed by atoms with E-state index in [0.29, 0.717) is 53.2 Å². The quantitative estimate of drug-likeness (QED) is 0.193. The van der Waals surface area contributed by atoms with Gasteiger partial charge in [0.2, 0.25) is 5.60 Å². The molecule has 0 bridgehead atoms. The van der Waals surface area contributed by atoms with Gasteiger partial charge in [0.05, 0.1) is 12.6 Å². The van der Waals surface area contributed by atoms with E-state index in [2.05, 4.69) is 0 Å². The van der Waals surface area contributed by atoms with Gasteiger partial charge in [-0.2, -0.15) is 13.2 Å². The Kier molecular flexibility index (Phi) is 9.43. The van der Waals surface area contributed by atoms with E-state index in [1.165, 1.54) is 25.4 Å². The molecular formula is C33H34ClF3N2O5. The molecule has 1 aromatic heterocycles. The Morgan fingerprint density at radius 3 is 2.39 bits per heavy atom. The third-order valence-corrected chi connectivity index (χ3v) is 8.33. The number of aliphatic hydroxyl groups is 1. The van der Waals surface area contributed by atoms with Crippen LogP contribution in [0.5, 0.6) is 11.5 Å². The zero-order chi connectivity index (χ0) is 31.5. The second kappa shape index (κ2) is 13.1. The van der Waals surface area contributed by atoms with Crippen LogP contribution in [0.1, 0.15) is 36.0 Å². The number of alkyl halides is 3. The summed E-state index contributed by atoms with van der Waals surface area (Å²) >= 11 is 6.24. The zero-order valence-corrected chi connectivity index (χ0v) is 24.9. The topological polar surface area (TPSA) is 84.2 Å². The molecule has 0 spiro atoms. The number of aromatic nitrogens is 1. The minimum atomic E-state index is -4.94. The van der Waals surface area contributed by atoms with E-state index in [4.69, 9.17) is 26.2 Å². The summed E-state index contributed by atoms with van der Waals surface area (Å²) in [6, 6.07) is 19.3. The van der Waals surface area contributed by atoms with Crippen LogP contribution in [0.15, 0.2) is 72.9 Å². The highest BCUT2D eigenvalue weighted by molar-refractivity contribution is 6.31. The van der Waals surface area contributed by atoms with E-state index in [1.54, 1.807) is 33.7 Å². The third-order valence-electron chi connectivity index (χ3n) is 8.09. The molecule has 1 fully saturated rings. The van der Waals surface area contributed by atoms with Gasteiger partial charge in [-0.25, -0.2) is 0 Å². The summed E-state index contributed by atoms with van der Waals surface area (Å²) in [5.41, 5.74) is -1.12. The van der Waals surface area contributed by atoms with Crippen molar-refractivity contribution >= 4 is 28.5 Å². The number of hydrogen-bond acceptors (Lipinski definition) is 5. The summed E-state index contributed by atoms with van der Waals surface area (Å²) in [5.74, 6) is 0.0614. The number of methoxy groups -OCH3 is 1. The first-order valence-corrected chi connectivity index (χ1v) is 14.7. The number of aliphatic carboxylic acids is 1. The van der Waals surface area contributed by atoms with Gasteiger partial charge in [-0.15, -0.1) is 0 Å². The Hall–Kier alpha value is -3.73. The van der Waals surface area contributed by atoms with Crippen LogP contribution in [0.3, 0.4) is 0 Å². The normalized spacial score (nSPS) is 16.1. The van der Waals surface area contributed by atoms with Gasteiger partial charge in [0.1, 0.15) is 6.10 Å². The maximum absolute atomic E-state index is 14.8. The molecule has 1 atom stereocenters. The van der Waals surface area contributed by atoms with E-state index in [9.17, 15) is 23.1 Å². The third kappa shape index (κ3) is 6.98. The first-order valence-electron chi connectivity index (χ1n) is 14.4. The van der Waals surface area contributed by atoms with Crippen LogP contribution in [0.4, 0.5) is 13.2 Å². The number of piperidine rings is 1. The number of nitrogens with zero attached hydrogens (tertiary/aromatic N) is 2. The zero-order valence-electron chi connectivity index (χ0n) is 24.2. The van der Waals surface area contributed by atoms with Crippen molar-refractivity contribution in [1.29, 1.82) is 0 Å². The Morgan fingerprint density at radius 1 is 1.00 bits per heavy atom. The van der Waals surface area contributed by atoms with Crippen LogP contribution >= 0.6 is 11.6 Å². The first kappa shape index (κ1) is 31.7. The maximum atomic E-state index is 14.8. The van der Waals surface area contributed by atoms with Crippen molar-refractivity contribution in [2.75, 3.05) is 26.7 Å². The molecule has 1 aliphatic rings. The molecule has 0 radical (unpaired) electrons. The second-order valence-corrected chi connectivity index (χ2v) is 11.6. The molecule has 2 N–H and O–H groups in total. The molecule has 0 aliphatic carbocycles. The molecule has 0 saturated carbocycles. The van der Waals surface area contributed by atoms with Gasteiger partial charge in [-0.1, -0.05) is 54.1 Å². The van der Waals surface area contributed by atoms with Crippen LogP contribution < -0.4 is 9.47 Å². The van der Waals surface area contributed by atoms with Crippen molar-refractivity contribution < 1.29 is 37.7 Å². The van der Waals surface area contributed by atoms with Crippen molar-refractivity contribution in [3.63, 3.8) is 0 Å². The lowest BCUT2D eigenvalue weighted by Gasteiger charge is -2.39. The molecule has 2 heterocycles. The lowest BCUT2D eigenvalue weighted by molar-refractivity contribution is -0.272. The number of β-amino-alcohol motifs (C(OH)–C–C–N with tert-alkyl or cyclic N) is 1. The predicted octanol–water partition coefficient (Wildman–Crippen LogP) is 6.66. The maximum Gasteiger partial charge on any atom is 0.422 e. The monoisotopic (exact) mass is 630 g/mol. The number of fused-ring (bicyclic) bond motifs is 1. The van der Waals surface area contributed by atoms with Crippen LogP contribution in [-0.2, 0) is 23.4 Å². The molecule has 5 rings (SSSR count). The largest absolute Gasteiger partial charge is 0.493 e. The molecule has 11 heteroatoms. The van der Waals surface area contributed by atoms with Crippen molar-refractivity contribution in [3.8, 4) is 11.5 Å². The summed E-state index contributed by atoms with van der Waals surface area (Å²) in [7, 11) is 1.49. The average Bonchev–Trinajstić information content (AvgIpc) is 3.35. The molecule has 1 saturated heterocycles. The van der Waals surface area contributed by atoms with E-state index in [0.717, 1.165) is 11.1 Å². The van der Waals surface area contributed by atoms with Gasteiger partial charge >= 0.3 is 12.1 Å². The predicted molar refractivity (Wildman–Crippen MR) is 161 cm³/mol. The molecule has 1 aliphatic heterocycles. The smallest absolute Gasteiger partial charge is 0.422 e. The van der Waals surface area contributed by atoms with Crippen molar-refractivity contribution in [2.45, 2.75) is 50.1 Å². The summed E-state index contributed by atoms with van der Waals surface area (Å²) in [6.07, 6.45) is -2.57. The fourth-order valence-electron chi connectivity index (χ4n) is 5.74. The highest BCUT2D eigenvalue weighted by atomic mass is 35.5. The number of carboxylic acids is 1. The number of ether oxygens (including phenoxy) is 2. The average molecular weight is 631 g/mol. The number of rotatable bonds is 11. The molecule has 0 amide bonds. The highest BCUT2D eigenvalue weighted by Crippen LogP contribution is 2.44. The summed E-state index contributed by atoms with van der Waals surface area (Å²) < 4.78 is 57.6. The summed E-state index contributed by atoms with van der Waals surface area (Å²) in [6.45, 7) is 0.267.